The summed E-state index contributed by atoms with van der Waals surface area (Å²) < 4.78 is 2.17. The molecule has 0 N–H and O–H groups in total. The van der Waals surface area contributed by atoms with E-state index in [1.54, 1.807) is 0 Å². The van der Waals surface area contributed by atoms with Crippen molar-refractivity contribution in [3.8, 4) is 16.8 Å². The van der Waals surface area contributed by atoms with E-state index in [0.717, 1.165) is 21.6 Å². The molecule has 0 atom stereocenters. The van der Waals surface area contributed by atoms with Gasteiger partial charge in [0.2, 0.25) is 0 Å². The number of aromatic nitrogens is 1. The second-order valence-corrected chi connectivity index (χ2v) is 9.17. The number of rotatable bonds is 2. The number of hydrogen-bond donors (Lipinski definition) is 0. The van der Waals surface area contributed by atoms with E-state index >= 15 is 0 Å². The van der Waals surface area contributed by atoms with Gasteiger partial charge in [-0.15, -0.1) is 0 Å². The molecule has 0 aliphatic rings. The Kier molecular flexibility index (Phi) is 4.27. The van der Waals surface area contributed by atoms with E-state index in [1.165, 1.54) is 43.4 Å². The highest BCUT2D eigenvalue weighted by Gasteiger charge is 2.11. The average Bonchev–Trinajstić information content (AvgIpc) is 3.25. The molecule has 6 aromatic carbocycles. The van der Waals surface area contributed by atoms with Crippen LogP contribution in [0.4, 0.5) is 0 Å². The van der Waals surface area contributed by atoms with Gasteiger partial charge in [0.1, 0.15) is 0 Å². The van der Waals surface area contributed by atoms with E-state index in [2.05, 4.69) is 114 Å². The van der Waals surface area contributed by atoms with Crippen LogP contribution in [0, 0.1) is 0 Å². The van der Waals surface area contributed by atoms with Crippen molar-refractivity contribution in [1.82, 2.24) is 4.57 Å². The van der Waals surface area contributed by atoms with Crippen molar-refractivity contribution in [2.75, 3.05) is 0 Å². The predicted octanol–water partition coefficient (Wildman–Crippen LogP) is 9.41. The molecule has 0 spiro atoms. The molecule has 0 bridgehead atoms. The van der Waals surface area contributed by atoms with Gasteiger partial charge in [-0.25, -0.2) is 0 Å². The van der Waals surface area contributed by atoms with Gasteiger partial charge in [-0.1, -0.05) is 103 Å². The van der Waals surface area contributed by atoms with Crippen LogP contribution in [0.1, 0.15) is 0 Å². The monoisotopic (exact) mass is 453 g/mol. The molecule has 0 amide bonds. The second-order valence-electron chi connectivity index (χ2n) is 8.77. The van der Waals surface area contributed by atoms with Crippen LogP contribution in [-0.4, -0.2) is 4.57 Å². The van der Waals surface area contributed by atoms with Gasteiger partial charge in [0.25, 0.3) is 0 Å². The highest BCUT2D eigenvalue weighted by Crippen LogP contribution is 2.37. The fraction of sp³-hybridized carbons (Fsp3) is 0. The SMILES string of the molecule is Clc1cn(-c2cccc(-c3ccc4c5ccccc5c5ccccc5c4c3)c2)c2ccccc12. The van der Waals surface area contributed by atoms with Gasteiger partial charge in [0.05, 0.1) is 10.5 Å². The molecule has 1 nitrogen and oxygen atoms in total. The van der Waals surface area contributed by atoms with Crippen molar-refractivity contribution < 1.29 is 0 Å². The zero-order valence-electron chi connectivity index (χ0n) is 18.4. The standard InChI is InChI=1S/C32H20ClN/c33-31-20-34(32-15-6-5-14-29(31)32)23-9-7-8-21(18-23)22-16-17-28-26-12-2-1-10-24(26)25-11-3-4-13-27(25)30(28)19-22/h1-20H. The Labute approximate surface area is 202 Å². The predicted molar refractivity (Wildman–Crippen MR) is 146 cm³/mol. The highest BCUT2D eigenvalue weighted by atomic mass is 35.5. The topological polar surface area (TPSA) is 4.93 Å². The molecular weight excluding hydrogens is 434 g/mol. The molecule has 0 saturated heterocycles. The Morgan fingerprint density at radius 3 is 1.71 bits per heavy atom. The molecule has 160 valence electrons. The van der Waals surface area contributed by atoms with E-state index in [1.807, 2.05) is 12.3 Å². The minimum atomic E-state index is 0.769. The summed E-state index contributed by atoms with van der Waals surface area (Å²) in [5, 5.41) is 9.59. The Balaban J connectivity index is 1.46. The first kappa shape index (κ1) is 19.4. The lowest BCUT2D eigenvalue weighted by molar-refractivity contribution is 1.13. The van der Waals surface area contributed by atoms with E-state index in [0.29, 0.717) is 0 Å². The lowest BCUT2D eigenvalue weighted by Gasteiger charge is -2.13. The van der Waals surface area contributed by atoms with E-state index in [4.69, 9.17) is 11.6 Å². The summed E-state index contributed by atoms with van der Waals surface area (Å²) in [6.07, 6.45) is 2.01. The van der Waals surface area contributed by atoms with Crippen molar-refractivity contribution in [2.45, 2.75) is 0 Å². The van der Waals surface area contributed by atoms with Crippen LogP contribution >= 0.6 is 11.6 Å². The summed E-state index contributed by atoms with van der Waals surface area (Å²) in [4.78, 5) is 0. The number of benzene rings is 6. The maximum Gasteiger partial charge on any atom is 0.0665 e. The molecule has 0 fully saturated rings. The highest BCUT2D eigenvalue weighted by molar-refractivity contribution is 6.35. The smallest absolute Gasteiger partial charge is 0.0665 e. The third kappa shape index (κ3) is 2.88. The maximum atomic E-state index is 6.53. The van der Waals surface area contributed by atoms with Crippen molar-refractivity contribution in [2.24, 2.45) is 0 Å². The van der Waals surface area contributed by atoms with Gasteiger partial charge in [0, 0.05) is 17.3 Å². The molecule has 0 aliphatic heterocycles. The zero-order chi connectivity index (χ0) is 22.6. The van der Waals surface area contributed by atoms with Crippen LogP contribution in [0.3, 0.4) is 0 Å². The van der Waals surface area contributed by atoms with Crippen molar-refractivity contribution in [1.29, 1.82) is 0 Å². The Bertz CT molecular complexity index is 1840. The fourth-order valence-electron chi connectivity index (χ4n) is 5.27. The van der Waals surface area contributed by atoms with Crippen molar-refractivity contribution >= 4 is 54.8 Å². The quantitative estimate of drug-likeness (QED) is 0.230. The summed E-state index contributed by atoms with van der Waals surface area (Å²) in [5.74, 6) is 0. The molecular formula is C32H20ClN. The molecule has 0 saturated carbocycles. The van der Waals surface area contributed by atoms with Crippen molar-refractivity contribution in [3.63, 3.8) is 0 Å². The average molecular weight is 454 g/mol. The van der Waals surface area contributed by atoms with E-state index in [-0.39, 0.29) is 0 Å². The summed E-state index contributed by atoms with van der Waals surface area (Å²) >= 11 is 6.53. The third-order valence-corrected chi connectivity index (χ3v) is 7.17. The molecule has 2 heteroatoms. The van der Waals surface area contributed by atoms with Crippen LogP contribution in [0.2, 0.25) is 5.02 Å². The molecule has 1 aromatic heterocycles. The van der Waals surface area contributed by atoms with Crippen LogP contribution < -0.4 is 0 Å². The lowest BCUT2D eigenvalue weighted by Crippen LogP contribution is -1.92. The normalized spacial score (nSPS) is 11.7. The van der Waals surface area contributed by atoms with Crippen LogP contribution in [0.5, 0.6) is 0 Å². The molecule has 0 radical (unpaired) electrons. The molecule has 7 rings (SSSR count). The molecule has 1 heterocycles. The summed E-state index contributed by atoms with van der Waals surface area (Å²) in [5.41, 5.74) is 4.60. The minimum absolute atomic E-state index is 0.769. The zero-order valence-corrected chi connectivity index (χ0v) is 19.1. The third-order valence-electron chi connectivity index (χ3n) is 6.87. The van der Waals surface area contributed by atoms with Crippen LogP contribution in [-0.2, 0) is 0 Å². The van der Waals surface area contributed by atoms with Crippen LogP contribution in [0.15, 0.2) is 121 Å². The first-order valence-electron chi connectivity index (χ1n) is 11.5. The Hall–Kier alpha value is -4.07. The van der Waals surface area contributed by atoms with Crippen LogP contribution in [0.25, 0.3) is 60.0 Å². The first-order valence-corrected chi connectivity index (χ1v) is 11.9. The van der Waals surface area contributed by atoms with Gasteiger partial charge in [0.15, 0.2) is 0 Å². The van der Waals surface area contributed by atoms with E-state index < -0.39 is 0 Å². The molecule has 0 unspecified atom stereocenters. The fourth-order valence-corrected chi connectivity index (χ4v) is 5.53. The van der Waals surface area contributed by atoms with Crippen molar-refractivity contribution in [3.05, 3.63) is 126 Å². The molecule has 0 aliphatic carbocycles. The van der Waals surface area contributed by atoms with E-state index in [9.17, 15) is 0 Å². The maximum absolute atomic E-state index is 6.53. The number of para-hydroxylation sites is 1. The number of fused-ring (bicyclic) bond motifs is 7. The van der Waals surface area contributed by atoms with Gasteiger partial charge < -0.3 is 4.57 Å². The molecule has 34 heavy (non-hydrogen) atoms. The number of nitrogens with zero attached hydrogens (tertiary/aromatic N) is 1. The summed E-state index contributed by atoms with van der Waals surface area (Å²) in [6.45, 7) is 0. The molecule has 7 aromatic rings. The minimum Gasteiger partial charge on any atom is -0.315 e. The van der Waals surface area contributed by atoms with Gasteiger partial charge in [-0.2, -0.15) is 0 Å². The van der Waals surface area contributed by atoms with Gasteiger partial charge in [-0.3, -0.25) is 0 Å². The Morgan fingerprint density at radius 1 is 0.441 bits per heavy atom. The number of hydrogen-bond acceptors (Lipinski definition) is 0. The summed E-state index contributed by atoms with van der Waals surface area (Å²) in [6, 6.07) is 41.2. The number of halogens is 1. The lowest BCUT2D eigenvalue weighted by atomic mass is 9.92. The first-order chi connectivity index (χ1) is 16.8. The summed E-state index contributed by atoms with van der Waals surface area (Å²) in [7, 11) is 0. The largest absolute Gasteiger partial charge is 0.315 e. The second kappa shape index (κ2) is 7.48. The Morgan fingerprint density at radius 2 is 1.00 bits per heavy atom. The van der Waals surface area contributed by atoms with Gasteiger partial charge in [-0.05, 0) is 67.7 Å². The van der Waals surface area contributed by atoms with Gasteiger partial charge >= 0.3 is 0 Å².